The average Bonchev–Trinajstić information content (AvgIpc) is 2.99. The van der Waals surface area contributed by atoms with Crippen LogP contribution >= 0.6 is 0 Å². The Labute approximate surface area is 156 Å². The van der Waals surface area contributed by atoms with Gasteiger partial charge in [0.15, 0.2) is 9.84 Å². The molecule has 0 aromatic heterocycles. The summed E-state index contributed by atoms with van der Waals surface area (Å²) < 4.78 is 30.7. The van der Waals surface area contributed by atoms with Gasteiger partial charge in [0.2, 0.25) is 0 Å². The molecule has 3 atom stereocenters. The van der Waals surface area contributed by atoms with Crippen LogP contribution in [-0.2, 0) is 14.6 Å². The summed E-state index contributed by atoms with van der Waals surface area (Å²) in [6.07, 6.45) is 2.30. The van der Waals surface area contributed by atoms with E-state index in [1.54, 1.807) is 30.3 Å². The van der Waals surface area contributed by atoms with E-state index < -0.39 is 15.9 Å². The second-order valence-electron chi connectivity index (χ2n) is 6.92. The molecule has 0 amide bonds. The van der Waals surface area contributed by atoms with E-state index in [9.17, 15) is 13.5 Å². The Hall–Kier alpha value is -1.65. The third kappa shape index (κ3) is 5.96. The molecule has 26 heavy (non-hydrogen) atoms. The number of ether oxygens (including phenoxy) is 1. The van der Waals surface area contributed by atoms with E-state index in [2.05, 4.69) is 18.9 Å². The zero-order valence-corrected chi connectivity index (χ0v) is 16.2. The predicted molar refractivity (Wildman–Crippen MR) is 104 cm³/mol. The smallest absolute Gasteiger partial charge is 0.178 e. The minimum Gasteiger partial charge on any atom is -0.393 e. The minimum atomic E-state index is -3.29. The summed E-state index contributed by atoms with van der Waals surface area (Å²) in [7, 11) is -3.29. The molecule has 0 spiro atoms. The fourth-order valence-electron chi connectivity index (χ4n) is 3.15. The summed E-state index contributed by atoms with van der Waals surface area (Å²) in [6.45, 7) is 9.53. The average molecular weight is 377 g/mol. The van der Waals surface area contributed by atoms with E-state index in [1.165, 1.54) is 0 Å². The van der Waals surface area contributed by atoms with E-state index in [0.29, 0.717) is 37.0 Å². The second-order valence-corrected chi connectivity index (χ2v) is 9.03. The largest absolute Gasteiger partial charge is 0.393 e. The lowest BCUT2D eigenvalue weighted by Crippen LogP contribution is -2.18. The molecule has 0 saturated carbocycles. The van der Waals surface area contributed by atoms with Crippen LogP contribution in [-0.4, -0.2) is 37.6 Å². The zero-order valence-electron chi connectivity index (χ0n) is 15.4. The molecule has 142 valence electrons. The van der Waals surface area contributed by atoms with Gasteiger partial charge in [-0.05, 0) is 55.9 Å². The maximum Gasteiger partial charge on any atom is 0.178 e. The van der Waals surface area contributed by atoms with Crippen LogP contribution in [0.4, 0.5) is 0 Å². The first-order valence-electron chi connectivity index (χ1n) is 8.96. The molecule has 2 rings (SSSR count). The van der Waals surface area contributed by atoms with Gasteiger partial charge in [0.05, 0.1) is 29.0 Å². The van der Waals surface area contributed by atoms with E-state index in [4.69, 9.17) is 4.74 Å². The molecule has 4 nitrogen and oxygen atoms in total. The van der Waals surface area contributed by atoms with Gasteiger partial charge in [0.25, 0.3) is 0 Å². The van der Waals surface area contributed by atoms with Crippen LogP contribution in [0, 0.1) is 0 Å². The fraction of sp³-hybridized carbons (Fsp3) is 0.476. The standard InChI is InChI=1S/C21H28O4S/c1-4-16(2)14-18(22)10-11-21-17(3)15-19(25-21)12-13-26(23,24)20-8-6-5-7-9-20/h5-9,18-19,21-22H,1,3,10-15H2,2H3/t18-,19-,21-/m0/s1. The normalized spacial score (nSPS) is 21.4. The molecular weight excluding hydrogens is 348 g/mol. The molecule has 1 aromatic carbocycles. The van der Waals surface area contributed by atoms with Crippen molar-refractivity contribution < 1.29 is 18.3 Å². The Bertz CT molecular complexity index is 760. The number of hydrogen-bond donors (Lipinski definition) is 1. The molecule has 5 heteroatoms. The molecule has 0 aliphatic carbocycles. The second kappa shape index (κ2) is 9.33. The molecule has 1 aromatic rings. The number of aliphatic hydroxyl groups excluding tert-OH is 1. The van der Waals surface area contributed by atoms with E-state index in [0.717, 1.165) is 11.1 Å². The van der Waals surface area contributed by atoms with Crippen LogP contribution < -0.4 is 0 Å². The summed E-state index contributed by atoms with van der Waals surface area (Å²) in [5.74, 6) is 0.0631. The van der Waals surface area contributed by atoms with Gasteiger partial charge in [-0.1, -0.05) is 31.4 Å². The van der Waals surface area contributed by atoms with Crippen molar-refractivity contribution in [2.45, 2.75) is 62.2 Å². The summed E-state index contributed by atoms with van der Waals surface area (Å²) >= 11 is 0. The Morgan fingerprint density at radius 2 is 2.04 bits per heavy atom. The number of sulfone groups is 1. The first-order valence-corrected chi connectivity index (χ1v) is 10.6. The Morgan fingerprint density at radius 3 is 2.69 bits per heavy atom. The van der Waals surface area contributed by atoms with Crippen molar-refractivity contribution >= 4 is 9.84 Å². The lowest BCUT2D eigenvalue weighted by atomic mass is 10.00. The minimum absolute atomic E-state index is 0.0631. The summed E-state index contributed by atoms with van der Waals surface area (Å²) in [5, 5.41) is 10.0. The van der Waals surface area contributed by atoms with Crippen LogP contribution in [0.2, 0.25) is 0 Å². The quantitative estimate of drug-likeness (QED) is 0.526. The maximum atomic E-state index is 12.4. The summed E-state index contributed by atoms with van der Waals surface area (Å²) in [6, 6.07) is 8.49. The van der Waals surface area contributed by atoms with Gasteiger partial charge in [-0.3, -0.25) is 0 Å². The first kappa shape index (κ1) is 20.7. The fourth-order valence-corrected chi connectivity index (χ4v) is 4.53. The number of aliphatic hydroxyl groups is 1. The highest BCUT2D eigenvalue weighted by Gasteiger charge is 2.30. The Balaban J connectivity index is 1.81. The topological polar surface area (TPSA) is 63.6 Å². The van der Waals surface area contributed by atoms with E-state index in [1.807, 2.05) is 6.92 Å². The Kier molecular flexibility index (Phi) is 7.42. The van der Waals surface area contributed by atoms with Gasteiger partial charge < -0.3 is 9.84 Å². The van der Waals surface area contributed by atoms with Crippen molar-refractivity contribution in [2.24, 2.45) is 0 Å². The van der Waals surface area contributed by atoms with Crippen LogP contribution in [0.3, 0.4) is 0 Å². The van der Waals surface area contributed by atoms with Gasteiger partial charge in [-0.15, -0.1) is 5.73 Å². The molecule has 1 saturated heterocycles. The van der Waals surface area contributed by atoms with Crippen molar-refractivity contribution in [1.82, 2.24) is 0 Å². The van der Waals surface area contributed by atoms with Crippen LogP contribution in [0.5, 0.6) is 0 Å². The van der Waals surface area contributed by atoms with Crippen LogP contribution in [0.1, 0.15) is 39.0 Å². The highest BCUT2D eigenvalue weighted by Crippen LogP contribution is 2.30. The van der Waals surface area contributed by atoms with Crippen molar-refractivity contribution in [3.63, 3.8) is 0 Å². The molecule has 0 bridgehead atoms. The third-order valence-corrected chi connectivity index (χ3v) is 6.48. The number of hydrogen-bond acceptors (Lipinski definition) is 4. The predicted octanol–water partition coefficient (Wildman–Crippen LogP) is 3.83. The van der Waals surface area contributed by atoms with Gasteiger partial charge in [-0.2, -0.15) is 0 Å². The van der Waals surface area contributed by atoms with Gasteiger partial charge >= 0.3 is 0 Å². The lowest BCUT2D eigenvalue weighted by molar-refractivity contribution is 0.0369. The maximum absolute atomic E-state index is 12.4. The third-order valence-electron chi connectivity index (χ3n) is 4.72. The molecule has 1 N–H and O–H groups in total. The van der Waals surface area contributed by atoms with Crippen LogP contribution in [0.25, 0.3) is 0 Å². The van der Waals surface area contributed by atoms with Crippen molar-refractivity contribution in [3.8, 4) is 0 Å². The molecule has 1 aliphatic heterocycles. The molecular formula is C21H28O4S. The molecule has 1 aliphatic rings. The van der Waals surface area contributed by atoms with Crippen LogP contribution in [0.15, 0.2) is 65.3 Å². The first-order chi connectivity index (χ1) is 12.3. The van der Waals surface area contributed by atoms with Crippen molar-refractivity contribution in [2.75, 3.05) is 5.75 Å². The van der Waals surface area contributed by atoms with Gasteiger partial charge in [0.1, 0.15) is 0 Å². The van der Waals surface area contributed by atoms with Crippen molar-refractivity contribution in [1.29, 1.82) is 0 Å². The summed E-state index contributed by atoms with van der Waals surface area (Å²) in [5.41, 5.74) is 4.70. The van der Waals surface area contributed by atoms with Crippen molar-refractivity contribution in [3.05, 3.63) is 60.4 Å². The lowest BCUT2D eigenvalue weighted by Gasteiger charge is -2.16. The molecule has 0 radical (unpaired) electrons. The number of rotatable bonds is 9. The van der Waals surface area contributed by atoms with Gasteiger partial charge in [0, 0.05) is 6.42 Å². The van der Waals surface area contributed by atoms with E-state index >= 15 is 0 Å². The number of benzene rings is 1. The molecule has 1 fully saturated rings. The highest BCUT2D eigenvalue weighted by atomic mass is 32.2. The molecule has 1 heterocycles. The monoisotopic (exact) mass is 376 g/mol. The summed E-state index contributed by atoms with van der Waals surface area (Å²) in [4.78, 5) is 0.349. The molecule has 0 unspecified atom stereocenters. The highest BCUT2D eigenvalue weighted by molar-refractivity contribution is 7.91. The Morgan fingerprint density at radius 1 is 1.35 bits per heavy atom. The van der Waals surface area contributed by atoms with Gasteiger partial charge in [-0.25, -0.2) is 8.42 Å². The van der Waals surface area contributed by atoms with E-state index in [-0.39, 0.29) is 18.0 Å². The zero-order chi connectivity index (χ0) is 19.2. The SMILES string of the molecule is C=C=C(C)C[C@@H](O)CC[C@@H]1O[C@@H](CCS(=O)(=O)c2ccccc2)CC1=C.